The highest BCUT2D eigenvalue weighted by Crippen LogP contribution is 2.37. The van der Waals surface area contributed by atoms with Crippen LogP contribution in [-0.2, 0) is 0 Å². The van der Waals surface area contributed by atoms with E-state index in [0.717, 1.165) is 27.4 Å². The highest BCUT2D eigenvalue weighted by atomic mass is 32.1. The molecule has 3 heterocycles. The average molecular weight is 349 g/mol. The molecule has 0 spiro atoms. The normalized spacial score (nSPS) is 10.9. The van der Waals surface area contributed by atoms with E-state index >= 15 is 0 Å². The smallest absolute Gasteiger partial charge is 0.258 e. The summed E-state index contributed by atoms with van der Waals surface area (Å²) in [6, 6.07) is 20.1. The van der Waals surface area contributed by atoms with Crippen LogP contribution in [0.15, 0.2) is 76.2 Å². The van der Waals surface area contributed by atoms with Crippen molar-refractivity contribution in [1.29, 1.82) is 0 Å². The third-order valence-electron chi connectivity index (χ3n) is 3.94. The Morgan fingerprint density at radius 1 is 0.833 bits per heavy atom. The molecule has 0 atom stereocenters. The number of nitrogens with zero attached hydrogens (tertiary/aromatic N) is 1. The predicted molar refractivity (Wildman–Crippen MR) is 103 cm³/mol. The Bertz CT molecular complexity index is 1010. The van der Waals surface area contributed by atoms with Crippen molar-refractivity contribution in [2.75, 3.05) is 0 Å². The minimum absolute atomic E-state index is 0.0323. The first-order chi connectivity index (χ1) is 11.8. The molecule has 0 aliphatic carbocycles. The van der Waals surface area contributed by atoms with Gasteiger partial charge in [-0.15, -0.1) is 22.7 Å². The van der Waals surface area contributed by atoms with E-state index in [0.29, 0.717) is 0 Å². The van der Waals surface area contributed by atoms with Crippen molar-refractivity contribution in [2.24, 2.45) is 0 Å². The maximum atomic E-state index is 13.0. The lowest BCUT2D eigenvalue weighted by molar-refractivity contribution is 0.985. The van der Waals surface area contributed by atoms with Crippen molar-refractivity contribution in [3.05, 3.63) is 87.3 Å². The van der Waals surface area contributed by atoms with Gasteiger partial charge in [-0.3, -0.25) is 9.36 Å². The predicted octanol–water partition coefficient (Wildman–Crippen LogP) is 5.60. The van der Waals surface area contributed by atoms with Gasteiger partial charge in [0.25, 0.3) is 5.56 Å². The first-order valence-corrected chi connectivity index (χ1v) is 9.41. The number of aromatic nitrogens is 1. The summed E-state index contributed by atoms with van der Waals surface area (Å²) in [5.41, 5.74) is 3.75. The van der Waals surface area contributed by atoms with Crippen LogP contribution in [-0.4, -0.2) is 4.57 Å². The van der Waals surface area contributed by atoms with Gasteiger partial charge in [-0.1, -0.05) is 30.3 Å². The SMILES string of the molecule is Cc1cc(-c2cccs2)c(-c2cccs2)n(-c2ccccc2)c1=O. The molecular weight excluding hydrogens is 334 g/mol. The van der Waals surface area contributed by atoms with E-state index in [9.17, 15) is 4.79 Å². The minimum Gasteiger partial charge on any atom is -0.275 e. The molecule has 0 unspecified atom stereocenters. The fraction of sp³-hybridized carbons (Fsp3) is 0.0500. The van der Waals surface area contributed by atoms with Crippen molar-refractivity contribution >= 4 is 22.7 Å². The Balaban J connectivity index is 2.14. The molecule has 4 heteroatoms. The third kappa shape index (κ3) is 2.54. The van der Waals surface area contributed by atoms with E-state index < -0.39 is 0 Å². The van der Waals surface area contributed by atoms with Crippen LogP contribution in [0.1, 0.15) is 5.56 Å². The van der Waals surface area contributed by atoms with E-state index in [1.54, 1.807) is 22.7 Å². The summed E-state index contributed by atoms with van der Waals surface area (Å²) < 4.78 is 1.84. The number of rotatable bonds is 3. The molecule has 0 N–H and O–H groups in total. The molecule has 1 aromatic carbocycles. The van der Waals surface area contributed by atoms with E-state index in [-0.39, 0.29) is 5.56 Å². The minimum atomic E-state index is 0.0323. The van der Waals surface area contributed by atoms with Gasteiger partial charge in [0.1, 0.15) is 0 Å². The number of thiophene rings is 2. The maximum absolute atomic E-state index is 13.0. The van der Waals surface area contributed by atoms with Gasteiger partial charge in [0.2, 0.25) is 0 Å². The molecule has 24 heavy (non-hydrogen) atoms. The molecule has 0 saturated heterocycles. The second-order valence-electron chi connectivity index (χ2n) is 5.52. The van der Waals surface area contributed by atoms with Crippen molar-refractivity contribution in [3.8, 4) is 26.7 Å². The molecule has 4 rings (SSSR count). The van der Waals surface area contributed by atoms with Gasteiger partial charge in [-0.05, 0) is 48.0 Å². The van der Waals surface area contributed by atoms with E-state index in [1.807, 2.05) is 65.4 Å². The lowest BCUT2D eigenvalue weighted by Gasteiger charge is -2.17. The monoisotopic (exact) mass is 349 g/mol. The molecule has 0 fully saturated rings. The second-order valence-corrected chi connectivity index (χ2v) is 7.42. The van der Waals surface area contributed by atoms with Crippen LogP contribution < -0.4 is 5.56 Å². The summed E-state index contributed by atoms with van der Waals surface area (Å²) in [6.07, 6.45) is 0. The fourth-order valence-electron chi connectivity index (χ4n) is 2.84. The van der Waals surface area contributed by atoms with Gasteiger partial charge in [-0.2, -0.15) is 0 Å². The summed E-state index contributed by atoms with van der Waals surface area (Å²) in [5, 5.41) is 4.12. The van der Waals surface area contributed by atoms with Gasteiger partial charge in [0.15, 0.2) is 0 Å². The van der Waals surface area contributed by atoms with E-state index in [2.05, 4.69) is 17.5 Å². The number of aryl methyl sites for hydroxylation is 1. The van der Waals surface area contributed by atoms with Gasteiger partial charge >= 0.3 is 0 Å². The largest absolute Gasteiger partial charge is 0.275 e. The molecule has 3 aromatic heterocycles. The number of para-hydroxylation sites is 1. The average Bonchev–Trinajstić information content (AvgIpc) is 3.31. The Morgan fingerprint density at radius 2 is 1.50 bits per heavy atom. The van der Waals surface area contributed by atoms with Crippen molar-refractivity contribution in [2.45, 2.75) is 6.92 Å². The number of hydrogen-bond donors (Lipinski definition) is 0. The molecule has 0 amide bonds. The summed E-state index contributed by atoms with van der Waals surface area (Å²) >= 11 is 3.35. The van der Waals surface area contributed by atoms with Crippen LogP contribution in [0.5, 0.6) is 0 Å². The van der Waals surface area contributed by atoms with Crippen LogP contribution in [0.4, 0.5) is 0 Å². The van der Waals surface area contributed by atoms with E-state index in [1.165, 1.54) is 4.88 Å². The number of hydrogen-bond acceptors (Lipinski definition) is 3. The molecule has 4 aromatic rings. The second kappa shape index (κ2) is 6.23. The highest BCUT2D eigenvalue weighted by Gasteiger charge is 2.18. The fourth-order valence-corrected chi connectivity index (χ4v) is 4.36. The summed E-state index contributed by atoms with van der Waals surface area (Å²) in [6.45, 7) is 1.89. The standard InChI is InChI=1S/C20H15NOS2/c1-14-13-16(17-9-5-11-23-17)19(18-10-6-12-24-18)21(20(14)22)15-7-3-2-4-8-15/h2-13H,1H3. The Morgan fingerprint density at radius 3 is 2.12 bits per heavy atom. The van der Waals surface area contributed by atoms with Gasteiger partial charge < -0.3 is 0 Å². The van der Waals surface area contributed by atoms with Crippen LogP contribution in [0, 0.1) is 6.92 Å². The van der Waals surface area contributed by atoms with Crippen molar-refractivity contribution < 1.29 is 0 Å². The molecule has 118 valence electrons. The molecule has 0 saturated carbocycles. The van der Waals surface area contributed by atoms with Crippen molar-refractivity contribution in [1.82, 2.24) is 4.57 Å². The zero-order valence-electron chi connectivity index (χ0n) is 13.1. The Labute approximate surface area is 148 Å². The van der Waals surface area contributed by atoms with Crippen LogP contribution >= 0.6 is 22.7 Å². The zero-order valence-corrected chi connectivity index (χ0v) is 14.7. The summed E-state index contributed by atoms with van der Waals surface area (Å²) in [5.74, 6) is 0. The molecule has 0 bridgehead atoms. The molecule has 0 aliphatic rings. The zero-order chi connectivity index (χ0) is 16.5. The third-order valence-corrected chi connectivity index (χ3v) is 5.72. The lowest BCUT2D eigenvalue weighted by atomic mass is 10.1. The lowest BCUT2D eigenvalue weighted by Crippen LogP contribution is -2.22. The summed E-state index contributed by atoms with van der Waals surface area (Å²) in [7, 11) is 0. The highest BCUT2D eigenvalue weighted by molar-refractivity contribution is 7.14. The van der Waals surface area contributed by atoms with Crippen molar-refractivity contribution in [3.63, 3.8) is 0 Å². The number of benzene rings is 1. The molecule has 0 radical (unpaired) electrons. The van der Waals surface area contributed by atoms with Crippen LogP contribution in [0.2, 0.25) is 0 Å². The topological polar surface area (TPSA) is 22.0 Å². The first kappa shape index (κ1) is 15.1. The van der Waals surface area contributed by atoms with Crippen LogP contribution in [0.25, 0.3) is 26.7 Å². The Kier molecular flexibility index (Phi) is 3.92. The van der Waals surface area contributed by atoms with Gasteiger partial charge in [0.05, 0.1) is 10.6 Å². The van der Waals surface area contributed by atoms with Crippen LogP contribution in [0.3, 0.4) is 0 Å². The summed E-state index contributed by atoms with van der Waals surface area (Å²) in [4.78, 5) is 15.2. The van der Waals surface area contributed by atoms with E-state index in [4.69, 9.17) is 0 Å². The quantitative estimate of drug-likeness (QED) is 0.472. The number of pyridine rings is 1. The first-order valence-electron chi connectivity index (χ1n) is 7.65. The van der Waals surface area contributed by atoms with Gasteiger partial charge in [-0.25, -0.2) is 0 Å². The Hall–Kier alpha value is -2.43. The molecule has 2 nitrogen and oxygen atoms in total. The molecular formula is C20H15NOS2. The molecule has 0 aliphatic heterocycles. The maximum Gasteiger partial charge on any atom is 0.258 e. The van der Waals surface area contributed by atoms with Gasteiger partial charge in [0, 0.05) is 21.7 Å².